The fourth-order valence-electron chi connectivity index (χ4n) is 3.49. The van der Waals surface area contributed by atoms with Gasteiger partial charge >= 0.3 is 0 Å². The first-order valence-corrected chi connectivity index (χ1v) is 8.87. The molecule has 0 aromatic carbocycles. The third kappa shape index (κ3) is 5.73. The van der Waals surface area contributed by atoms with E-state index in [1.54, 1.807) is 0 Å². The molecule has 0 aromatic rings. The summed E-state index contributed by atoms with van der Waals surface area (Å²) in [5, 5.41) is 3.73. The highest BCUT2D eigenvalue weighted by atomic mass is 15.2. The summed E-state index contributed by atoms with van der Waals surface area (Å²) in [6.07, 6.45) is 6.72. The molecule has 0 amide bonds. The second-order valence-corrected chi connectivity index (χ2v) is 7.88. The molecule has 20 heavy (non-hydrogen) atoms. The monoisotopic (exact) mass is 282 g/mol. The molecule has 1 heterocycles. The van der Waals surface area contributed by atoms with Gasteiger partial charge in [0.2, 0.25) is 0 Å². The standard InChI is InChI=1S/C18H38N2/c1-7-9-10-11-18(5,6)14-20-13-16(8-2)19-12-17(20)15(3)4/h15-17,19H,7-14H2,1-6H3. The summed E-state index contributed by atoms with van der Waals surface area (Å²) in [5.41, 5.74) is 0.456. The molecule has 0 spiro atoms. The zero-order valence-electron chi connectivity index (χ0n) is 14.8. The van der Waals surface area contributed by atoms with Crippen LogP contribution in [0.1, 0.15) is 73.6 Å². The van der Waals surface area contributed by atoms with Gasteiger partial charge < -0.3 is 5.32 Å². The van der Waals surface area contributed by atoms with E-state index in [4.69, 9.17) is 0 Å². The van der Waals surface area contributed by atoms with E-state index in [1.807, 2.05) is 0 Å². The Balaban J connectivity index is 2.58. The van der Waals surface area contributed by atoms with E-state index in [-0.39, 0.29) is 0 Å². The van der Waals surface area contributed by atoms with Gasteiger partial charge in [0.25, 0.3) is 0 Å². The van der Waals surface area contributed by atoms with Crippen molar-refractivity contribution < 1.29 is 0 Å². The summed E-state index contributed by atoms with van der Waals surface area (Å²) in [7, 11) is 0. The van der Waals surface area contributed by atoms with Crippen LogP contribution in [0.5, 0.6) is 0 Å². The first kappa shape index (κ1) is 18.0. The van der Waals surface area contributed by atoms with E-state index in [1.165, 1.54) is 51.7 Å². The average Bonchev–Trinajstić information content (AvgIpc) is 2.37. The van der Waals surface area contributed by atoms with Crippen LogP contribution in [-0.4, -0.2) is 36.6 Å². The van der Waals surface area contributed by atoms with Gasteiger partial charge in [-0.05, 0) is 24.2 Å². The Morgan fingerprint density at radius 3 is 2.45 bits per heavy atom. The van der Waals surface area contributed by atoms with Crippen LogP contribution in [0.15, 0.2) is 0 Å². The third-order valence-corrected chi connectivity index (χ3v) is 4.89. The fourth-order valence-corrected chi connectivity index (χ4v) is 3.49. The van der Waals surface area contributed by atoms with Crippen molar-refractivity contribution in [2.24, 2.45) is 11.3 Å². The average molecular weight is 283 g/mol. The number of unbranched alkanes of at least 4 members (excludes halogenated alkanes) is 2. The van der Waals surface area contributed by atoms with E-state index in [2.05, 4.69) is 51.8 Å². The van der Waals surface area contributed by atoms with E-state index in [9.17, 15) is 0 Å². The van der Waals surface area contributed by atoms with Gasteiger partial charge in [0.1, 0.15) is 0 Å². The molecule has 2 heteroatoms. The lowest BCUT2D eigenvalue weighted by Crippen LogP contribution is -2.59. The Bertz CT molecular complexity index is 260. The lowest BCUT2D eigenvalue weighted by Gasteiger charge is -2.45. The highest BCUT2D eigenvalue weighted by Crippen LogP contribution is 2.28. The Hall–Kier alpha value is -0.0800. The smallest absolute Gasteiger partial charge is 0.0244 e. The SMILES string of the molecule is CCCCCC(C)(C)CN1CC(CC)NCC1C(C)C. The molecule has 0 radical (unpaired) electrons. The fraction of sp³-hybridized carbons (Fsp3) is 1.00. The van der Waals surface area contributed by atoms with Crippen molar-refractivity contribution in [2.45, 2.75) is 85.7 Å². The van der Waals surface area contributed by atoms with E-state index < -0.39 is 0 Å². The number of piperazine rings is 1. The number of nitrogens with zero attached hydrogens (tertiary/aromatic N) is 1. The molecule has 0 aliphatic carbocycles. The number of hydrogen-bond acceptors (Lipinski definition) is 2. The van der Waals surface area contributed by atoms with Gasteiger partial charge in [0, 0.05) is 31.7 Å². The molecule has 2 atom stereocenters. The van der Waals surface area contributed by atoms with Gasteiger partial charge in [0.05, 0.1) is 0 Å². The highest BCUT2D eigenvalue weighted by molar-refractivity contribution is 4.89. The van der Waals surface area contributed by atoms with Crippen LogP contribution in [0.3, 0.4) is 0 Å². The molecule has 0 saturated carbocycles. The molecule has 1 fully saturated rings. The summed E-state index contributed by atoms with van der Waals surface area (Å²) < 4.78 is 0. The number of nitrogens with one attached hydrogen (secondary N) is 1. The van der Waals surface area contributed by atoms with Crippen LogP contribution in [-0.2, 0) is 0 Å². The lowest BCUT2D eigenvalue weighted by atomic mass is 9.84. The van der Waals surface area contributed by atoms with Crippen LogP contribution < -0.4 is 5.32 Å². The predicted octanol–water partition coefficient (Wildman–Crippen LogP) is 4.30. The first-order valence-electron chi connectivity index (χ1n) is 8.87. The molecule has 120 valence electrons. The van der Waals surface area contributed by atoms with Crippen molar-refractivity contribution in [1.82, 2.24) is 10.2 Å². The van der Waals surface area contributed by atoms with E-state index in [0.717, 1.165) is 5.92 Å². The molecule has 0 bridgehead atoms. The highest BCUT2D eigenvalue weighted by Gasteiger charge is 2.32. The molecule has 1 saturated heterocycles. The normalized spacial score (nSPS) is 25.4. The molecule has 1 N–H and O–H groups in total. The van der Waals surface area contributed by atoms with Crippen molar-refractivity contribution in [2.75, 3.05) is 19.6 Å². The van der Waals surface area contributed by atoms with Crippen LogP contribution in [0.4, 0.5) is 0 Å². The van der Waals surface area contributed by atoms with E-state index >= 15 is 0 Å². The van der Waals surface area contributed by atoms with Crippen LogP contribution in [0.25, 0.3) is 0 Å². The third-order valence-electron chi connectivity index (χ3n) is 4.89. The van der Waals surface area contributed by atoms with Crippen molar-refractivity contribution in [1.29, 1.82) is 0 Å². The van der Waals surface area contributed by atoms with Crippen molar-refractivity contribution in [3.63, 3.8) is 0 Å². The summed E-state index contributed by atoms with van der Waals surface area (Å²) in [6, 6.07) is 1.40. The van der Waals surface area contributed by atoms with Gasteiger partial charge in [-0.2, -0.15) is 0 Å². The van der Waals surface area contributed by atoms with Gasteiger partial charge in [-0.25, -0.2) is 0 Å². The minimum atomic E-state index is 0.456. The van der Waals surface area contributed by atoms with Gasteiger partial charge in [-0.1, -0.05) is 60.8 Å². The zero-order chi connectivity index (χ0) is 15.2. The summed E-state index contributed by atoms with van der Waals surface area (Å²) in [6.45, 7) is 17.9. The molecule has 2 unspecified atom stereocenters. The van der Waals surface area contributed by atoms with Gasteiger partial charge in [0.15, 0.2) is 0 Å². The predicted molar refractivity (Wildman–Crippen MR) is 90.2 cm³/mol. The second kappa shape index (κ2) is 8.38. The quantitative estimate of drug-likeness (QED) is 0.668. The maximum Gasteiger partial charge on any atom is 0.0244 e. The van der Waals surface area contributed by atoms with E-state index in [0.29, 0.717) is 17.5 Å². The minimum absolute atomic E-state index is 0.456. The Kier molecular flexibility index (Phi) is 7.53. The van der Waals surface area contributed by atoms with Gasteiger partial charge in [-0.15, -0.1) is 0 Å². The molecule has 1 aliphatic rings. The molecular weight excluding hydrogens is 244 g/mol. The number of hydrogen-bond donors (Lipinski definition) is 1. The molecular formula is C18H38N2. The Labute approximate surface area is 127 Å². The van der Waals surface area contributed by atoms with Gasteiger partial charge in [-0.3, -0.25) is 4.90 Å². The van der Waals surface area contributed by atoms with Crippen molar-refractivity contribution in [3.8, 4) is 0 Å². The second-order valence-electron chi connectivity index (χ2n) is 7.88. The summed E-state index contributed by atoms with van der Waals surface area (Å²) in [5.74, 6) is 0.742. The first-order chi connectivity index (χ1) is 9.39. The zero-order valence-corrected chi connectivity index (χ0v) is 14.8. The molecule has 1 aliphatic heterocycles. The Morgan fingerprint density at radius 2 is 1.90 bits per heavy atom. The molecule has 1 rings (SSSR count). The minimum Gasteiger partial charge on any atom is -0.311 e. The largest absolute Gasteiger partial charge is 0.311 e. The van der Waals surface area contributed by atoms with Crippen molar-refractivity contribution >= 4 is 0 Å². The maximum absolute atomic E-state index is 3.73. The number of rotatable bonds is 8. The van der Waals surface area contributed by atoms with Crippen LogP contribution >= 0.6 is 0 Å². The topological polar surface area (TPSA) is 15.3 Å². The van der Waals surface area contributed by atoms with Crippen LogP contribution in [0.2, 0.25) is 0 Å². The lowest BCUT2D eigenvalue weighted by molar-refractivity contribution is 0.0560. The Morgan fingerprint density at radius 1 is 1.20 bits per heavy atom. The maximum atomic E-state index is 3.73. The molecule has 0 aromatic heterocycles. The summed E-state index contributed by atoms with van der Waals surface area (Å²) >= 11 is 0. The molecule has 2 nitrogen and oxygen atoms in total. The van der Waals surface area contributed by atoms with Crippen LogP contribution in [0, 0.1) is 11.3 Å². The summed E-state index contributed by atoms with van der Waals surface area (Å²) in [4.78, 5) is 2.78. The van der Waals surface area contributed by atoms with Crippen molar-refractivity contribution in [3.05, 3.63) is 0 Å².